The quantitative estimate of drug-likeness (QED) is 0.184. The molecular formula is C46H25N5O2. The molecule has 4 aromatic heterocycles. The Morgan fingerprint density at radius 1 is 0.472 bits per heavy atom. The standard InChI is InChI=1S/C46H25N5O2/c47-26-29-23-35(46-49-44(27-13-3-1-4-14-27)48-45(50-46)28-15-5-2-6-16-28)43-41(32-19-9-12-22-39(32)53-43)42(29)51-36-20-10-7-17-30(36)33-25-40-34(24-37(33)51)31-18-8-11-21-38(31)52-40/h1-25H. The van der Waals surface area contributed by atoms with Crippen LogP contribution in [0.2, 0.25) is 0 Å². The van der Waals surface area contributed by atoms with Gasteiger partial charge >= 0.3 is 0 Å². The maximum Gasteiger partial charge on any atom is 0.167 e. The summed E-state index contributed by atoms with van der Waals surface area (Å²) in [7, 11) is 0. The highest BCUT2D eigenvalue weighted by Crippen LogP contribution is 2.45. The molecule has 11 rings (SSSR count). The van der Waals surface area contributed by atoms with Gasteiger partial charge in [0.05, 0.1) is 33.2 Å². The molecular weight excluding hydrogens is 655 g/mol. The van der Waals surface area contributed by atoms with Crippen molar-refractivity contribution >= 4 is 65.7 Å². The van der Waals surface area contributed by atoms with Crippen LogP contribution >= 0.6 is 0 Å². The third-order valence-corrected chi connectivity index (χ3v) is 10.1. The van der Waals surface area contributed by atoms with Crippen molar-refractivity contribution in [3.05, 3.63) is 157 Å². The summed E-state index contributed by atoms with van der Waals surface area (Å²) in [6.45, 7) is 0. The van der Waals surface area contributed by atoms with Crippen LogP contribution < -0.4 is 0 Å². The first-order valence-corrected chi connectivity index (χ1v) is 17.3. The molecule has 0 unspecified atom stereocenters. The number of fused-ring (bicyclic) bond motifs is 9. The third-order valence-electron chi connectivity index (χ3n) is 10.1. The number of aromatic nitrogens is 4. The smallest absolute Gasteiger partial charge is 0.167 e. The van der Waals surface area contributed by atoms with Gasteiger partial charge in [0.2, 0.25) is 0 Å². The van der Waals surface area contributed by atoms with Crippen molar-refractivity contribution in [1.82, 2.24) is 19.5 Å². The molecule has 0 atom stereocenters. The Morgan fingerprint density at radius 2 is 1.06 bits per heavy atom. The lowest BCUT2D eigenvalue weighted by Crippen LogP contribution is -2.03. The molecule has 0 amide bonds. The molecule has 0 radical (unpaired) electrons. The van der Waals surface area contributed by atoms with Crippen LogP contribution in [0.5, 0.6) is 0 Å². The summed E-state index contributed by atoms with van der Waals surface area (Å²) in [5, 5.41) is 16.9. The Hall–Kier alpha value is -7.56. The molecule has 0 bridgehead atoms. The van der Waals surface area contributed by atoms with Gasteiger partial charge in [-0.3, -0.25) is 0 Å². The highest BCUT2D eigenvalue weighted by atomic mass is 16.3. The third kappa shape index (κ3) is 4.36. The molecule has 7 aromatic carbocycles. The van der Waals surface area contributed by atoms with E-state index in [1.807, 2.05) is 121 Å². The Morgan fingerprint density at radius 3 is 1.75 bits per heavy atom. The molecule has 0 saturated carbocycles. The maximum atomic E-state index is 11.1. The fraction of sp³-hybridized carbons (Fsp3) is 0. The van der Waals surface area contributed by atoms with Gasteiger partial charge in [-0.2, -0.15) is 5.26 Å². The minimum absolute atomic E-state index is 0.415. The second-order valence-corrected chi connectivity index (χ2v) is 13.1. The Labute approximate surface area is 301 Å². The SMILES string of the molecule is N#Cc1cc(-c2nc(-c3ccccc3)nc(-c3ccccc3)n2)c2oc3ccccc3c2c1-n1c2ccccc2c2cc3oc4ccccc4c3cc21. The van der Waals surface area contributed by atoms with E-state index in [1.165, 1.54) is 0 Å². The van der Waals surface area contributed by atoms with Gasteiger partial charge in [0, 0.05) is 38.1 Å². The van der Waals surface area contributed by atoms with Gasteiger partial charge in [0.15, 0.2) is 17.5 Å². The summed E-state index contributed by atoms with van der Waals surface area (Å²) < 4.78 is 15.3. The van der Waals surface area contributed by atoms with Crippen molar-refractivity contribution in [3.63, 3.8) is 0 Å². The van der Waals surface area contributed by atoms with E-state index in [2.05, 4.69) is 41.0 Å². The van der Waals surface area contributed by atoms with Crippen molar-refractivity contribution in [1.29, 1.82) is 5.26 Å². The van der Waals surface area contributed by atoms with Crippen molar-refractivity contribution in [2.45, 2.75) is 0 Å². The number of para-hydroxylation sites is 3. The van der Waals surface area contributed by atoms with E-state index in [0.717, 1.165) is 71.3 Å². The van der Waals surface area contributed by atoms with Gasteiger partial charge in [-0.15, -0.1) is 0 Å². The topological polar surface area (TPSA) is 93.7 Å². The van der Waals surface area contributed by atoms with Crippen LogP contribution in [0.25, 0.3) is 106 Å². The predicted octanol–water partition coefficient (Wildman–Crippen LogP) is 11.6. The molecule has 0 N–H and O–H groups in total. The van der Waals surface area contributed by atoms with Crippen LogP contribution in [0.1, 0.15) is 5.56 Å². The first kappa shape index (κ1) is 29.2. The highest BCUT2D eigenvalue weighted by Gasteiger charge is 2.26. The van der Waals surface area contributed by atoms with Crippen molar-refractivity contribution in [2.24, 2.45) is 0 Å². The normalized spacial score (nSPS) is 11.8. The number of benzene rings is 7. The lowest BCUT2D eigenvalue weighted by molar-refractivity contribution is 0.669. The number of hydrogen-bond donors (Lipinski definition) is 0. The lowest BCUT2D eigenvalue weighted by Gasteiger charge is -2.14. The second kappa shape index (κ2) is 11.2. The van der Waals surface area contributed by atoms with E-state index < -0.39 is 0 Å². The van der Waals surface area contributed by atoms with Crippen LogP contribution in [0.15, 0.2) is 160 Å². The van der Waals surface area contributed by atoms with Crippen LogP contribution in [-0.4, -0.2) is 19.5 Å². The van der Waals surface area contributed by atoms with Crippen molar-refractivity contribution in [3.8, 4) is 45.9 Å². The minimum Gasteiger partial charge on any atom is -0.456 e. The zero-order valence-corrected chi connectivity index (χ0v) is 28.0. The molecule has 0 fully saturated rings. The minimum atomic E-state index is 0.415. The van der Waals surface area contributed by atoms with E-state index in [0.29, 0.717) is 39.8 Å². The first-order valence-electron chi connectivity index (χ1n) is 17.3. The fourth-order valence-electron chi connectivity index (χ4n) is 7.72. The summed E-state index contributed by atoms with van der Waals surface area (Å²) in [6, 6.07) is 52.8. The van der Waals surface area contributed by atoms with Gasteiger partial charge in [-0.1, -0.05) is 115 Å². The zero-order valence-electron chi connectivity index (χ0n) is 28.0. The monoisotopic (exact) mass is 679 g/mol. The zero-order chi connectivity index (χ0) is 35.0. The average molecular weight is 680 g/mol. The van der Waals surface area contributed by atoms with E-state index in [1.54, 1.807) is 0 Å². The number of hydrogen-bond acceptors (Lipinski definition) is 6. The average Bonchev–Trinajstić information content (AvgIpc) is 3.89. The summed E-state index contributed by atoms with van der Waals surface area (Å²) >= 11 is 0. The maximum absolute atomic E-state index is 11.1. The molecule has 53 heavy (non-hydrogen) atoms. The number of nitriles is 1. The lowest BCUT2D eigenvalue weighted by atomic mass is 10.0. The molecule has 4 heterocycles. The van der Waals surface area contributed by atoms with Crippen LogP contribution in [0.3, 0.4) is 0 Å². The summed E-state index contributed by atoms with van der Waals surface area (Å²) in [4.78, 5) is 15.0. The summed E-state index contributed by atoms with van der Waals surface area (Å²) in [6.07, 6.45) is 0. The fourth-order valence-corrected chi connectivity index (χ4v) is 7.72. The molecule has 246 valence electrons. The van der Waals surface area contributed by atoms with Gasteiger partial charge in [-0.05, 0) is 36.4 Å². The van der Waals surface area contributed by atoms with Gasteiger partial charge < -0.3 is 13.4 Å². The highest BCUT2D eigenvalue weighted by molar-refractivity contribution is 6.20. The molecule has 7 heteroatoms. The Bertz CT molecular complexity index is 3240. The Balaban J connectivity index is 1.27. The van der Waals surface area contributed by atoms with Crippen LogP contribution in [0.4, 0.5) is 0 Å². The molecule has 0 aliphatic heterocycles. The molecule has 0 aliphatic rings. The number of rotatable bonds is 4. The number of furan rings is 2. The molecule has 7 nitrogen and oxygen atoms in total. The summed E-state index contributed by atoms with van der Waals surface area (Å²) in [5.74, 6) is 1.47. The molecule has 0 aliphatic carbocycles. The van der Waals surface area contributed by atoms with Gasteiger partial charge in [-0.25, -0.2) is 15.0 Å². The van der Waals surface area contributed by atoms with Gasteiger partial charge in [0.25, 0.3) is 0 Å². The molecule has 11 aromatic rings. The Kier molecular flexibility index (Phi) is 6.18. The number of nitrogens with zero attached hydrogens (tertiary/aromatic N) is 5. The van der Waals surface area contributed by atoms with Gasteiger partial charge in [0.1, 0.15) is 28.4 Å². The van der Waals surface area contributed by atoms with E-state index in [9.17, 15) is 5.26 Å². The van der Waals surface area contributed by atoms with E-state index in [-0.39, 0.29) is 0 Å². The van der Waals surface area contributed by atoms with Crippen LogP contribution in [-0.2, 0) is 0 Å². The van der Waals surface area contributed by atoms with E-state index >= 15 is 0 Å². The first-order chi connectivity index (χ1) is 26.2. The molecule has 0 spiro atoms. The van der Waals surface area contributed by atoms with Crippen molar-refractivity contribution < 1.29 is 8.83 Å². The predicted molar refractivity (Wildman–Crippen MR) is 210 cm³/mol. The van der Waals surface area contributed by atoms with Crippen LogP contribution in [0, 0.1) is 11.3 Å². The van der Waals surface area contributed by atoms with Crippen molar-refractivity contribution in [2.75, 3.05) is 0 Å². The largest absolute Gasteiger partial charge is 0.456 e. The second-order valence-electron chi connectivity index (χ2n) is 13.1. The molecule has 0 saturated heterocycles. The van der Waals surface area contributed by atoms with E-state index in [4.69, 9.17) is 23.8 Å². The summed E-state index contributed by atoms with van der Waals surface area (Å²) in [5.41, 5.74) is 8.37.